The summed E-state index contributed by atoms with van der Waals surface area (Å²) in [7, 11) is 4.84. The van der Waals surface area contributed by atoms with Gasteiger partial charge in [-0.1, -0.05) is 17.3 Å². The molecule has 1 aliphatic rings. The average molecular weight is 434 g/mol. The van der Waals surface area contributed by atoms with E-state index in [2.05, 4.69) is 15.2 Å². The zero-order valence-electron chi connectivity index (χ0n) is 17.9. The summed E-state index contributed by atoms with van der Waals surface area (Å²) in [5.41, 5.74) is 3.33. The third-order valence-corrected chi connectivity index (χ3v) is 5.42. The largest absolute Gasteiger partial charge is 0.497 e. The smallest absolute Gasteiger partial charge is 0.278 e. The molecule has 9 nitrogen and oxygen atoms in total. The summed E-state index contributed by atoms with van der Waals surface area (Å²) in [6, 6.07) is 15.2. The zero-order chi connectivity index (χ0) is 22.1. The molecule has 0 radical (unpaired) electrons. The van der Waals surface area contributed by atoms with Crippen LogP contribution in [0, 0.1) is 0 Å². The van der Waals surface area contributed by atoms with Crippen LogP contribution in [-0.2, 0) is 17.9 Å². The van der Waals surface area contributed by atoms with Crippen molar-refractivity contribution < 1.29 is 23.5 Å². The Balaban J connectivity index is 1.38. The molecule has 2 aromatic carbocycles. The van der Waals surface area contributed by atoms with Crippen LogP contribution in [-0.4, -0.2) is 41.3 Å². The number of hydrogen-bond acceptors (Lipinski definition) is 8. The minimum absolute atomic E-state index is 0.0945. The molecule has 0 amide bonds. The molecule has 0 saturated heterocycles. The van der Waals surface area contributed by atoms with E-state index in [1.807, 2.05) is 47.1 Å². The number of rotatable bonds is 6. The number of methoxy groups -OCH3 is 3. The third-order valence-electron chi connectivity index (χ3n) is 5.42. The van der Waals surface area contributed by atoms with E-state index in [0.717, 1.165) is 17.0 Å². The fraction of sp³-hybridized carbons (Fsp3) is 0.261. The first kappa shape index (κ1) is 20.1. The third kappa shape index (κ3) is 3.67. The van der Waals surface area contributed by atoms with Gasteiger partial charge < -0.3 is 23.5 Å². The summed E-state index contributed by atoms with van der Waals surface area (Å²) in [5.74, 6) is 2.84. The van der Waals surface area contributed by atoms with Crippen molar-refractivity contribution in [2.45, 2.75) is 19.3 Å². The molecule has 164 valence electrons. The molecule has 4 aromatic rings. The van der Waals surface area contributed by atoms with E-state index in [-0.39, 0.29) is 6.10 Å². The summed E-state index contributed by atoms with van der Waals surface area (Å²) >= 11 is 0. The van der Waals surface area contributed by atoms with Crippen LogP contribution in [0.3, 0.4) is 0 Å². The van der Waals surface area contributed by atoms with Crippen molar-refractivity contribution in [3.05, 3.63) is 59.8 Å². The van der Waals surface area contributed by atoms with Gasteiger partial charge in [0.15, 0.2) is 5.69 Å². The van der Waals surface area contributed by atoms with E-state index < -0.39 is 0 Å². The van der Waals surface area contributed by atoms with E-state index in [4.69, 9.17) is 23.5 Å². The van der Waals surface area contributed by atoms with Crippen LogP contribution in [0.15, 0.2) is 53.1 Å². The van der Waals surface area contributed by atoms with Crippen LogP contribution in [0.1, 0.15) is 17.4 Å². The first-order chi connectivity index (χ1) is 15.7. The molecule has 2 aromatic heterocycles. The fourth-order valence-electron chi connectivity index (χ4n) is 3.67. The minimum atomic E-state index is -0.0945. The minimum Gasteiger partial charge on any atom is -0.497 e. The van der Waals surface area contributed by atoms with Crippen LogP contribution in [0.5, 0.6) is 17.2 Å². The van der Waals surface area contributed by atoms with Crippen molar-refractivity contribution in [3.63, 3.8) is 0 Å². The van der Waals surface area contributed by atoms with Crippen molar-refractivity contribution in [3.8, 4) is 40.2 Å². The fourth-order valence-corrected chi connectivity index (χ4v) is 3.67. The second-order valence-electron chi connectivity index (χ2n) is 7.27. The number of ether oxygens (including phenoxy) is 4. The Hall–Kier alpha value is -3.85. The first-order valence-corrected chi connectivity index (χ1v) is 10.1. The van der Waals surface area contributed by atoms with Crippen molar-refractivity contribution >= 4 is 0 Å². The number of benzene rings is 2. The lowest BCUT2D eigenvalue weighted by molar-refractivity contribution is -0.00115. The van der Waals surface area contributed by atoms with E-state index in [1.165, 1.54) is 0 Å². The number of hydrogen-bond donors (Lipinski definition) is 0. The molecule has 3 heterocycles. The standard InChI is InChI=1S/C23H22N4O5/c1-28-16-6-4-14(5-7-16)21-12-27-15(13-31-21)10-19(25-27)23-24-22(26-32-23)18-9-8-17(29-2)11-20(18)30-3/h4-11,21H,12-13H2,1-3H3/t21-/m0/s1. The van der Waals surface area contributed by atoms with Gasteiger partial charge >= 0.3 is 0 Å². The van der Waals surface area contributed by atoms with Gasteiger partial charge in [0.05, 0.1) is 45.7 Å². The predicted octanol–water partition coefficient (Wildman–Crippen LogP) is 3.90. The van der Waals surface area contributed by atoms with E-state index >= 15 is 0 Å². The highest BCUT2D eigenvalue weighted by atomic mass is 16.5. The lowest BCUT2D eigenvalue weighted by atomic mass is 10.1. The second-order valence-corrected chi connectivity index (χ2v) is 7.27. The molecule has 1 aliphatic heterocycles. The highest BCUT2D eigenvalue weighted by Gasteiger charge is 2.25. The Labute approximate surface area is 184 Å². The highest BCUT2D eigenvalue weighted by molar-refractivity contribution is 5.66. The summed E-state index contributed by atoms with van der Waals surface area (Å²) < 4.78 is 29.4. The number of fused-ring (bicyclic) bond motifs is 1. The Morgan fingerprint density at radius 1 is 0.938 bits per heavy atom. The number of aromatic nitrogens is 4. The van der Waals surface area contributed by atoms with Crippen molar-refractivity contribution in [2.75, 3.05) is 21.3 Å². The maximum atomic E-state index is 6.04. The summed E-state index contributed by atoms with van der Waals surface area (Å²) in [6.45, 7) is 1.03. The highest BCUT2D eigenvalue weighted by Crippen LogP contribution is 2.34. The van der Waals surface area contributed by atoms with E-state index in [0.29, 0.717) is 47.6 Å². The van der Waals surface area contributed by atoms with Crippen LogP contribution >= 0.6 is 0 Å². The molecule has 0 unspecified atom stereocenters. The molecule has 0 aliphatic carbocycles. The Morgan fingerprint density at radius 2 is 1.72 bits per heavy atom. The van der Waals surface area contributed by atoms with Gasteiger partial charge in [-0.15, -0.1) is 0 Å². The quantitative estimate of drug-likeness (QED) is 0.451. The molecular formula is C23H22N4O5. The van der Waals surface area contributed by atoms with Crippen LogP contribution in [0.25, 0.3) is 23.0 Å². The van der Waals surface area contributed by atoms with Gasteiger partial charge in [-0.2, -0.15) is 10.1 Å². The molecule has 32 heavy (non-hydrogen) atoms. The monoisotopic (exact) mass is 434 g/mol. The van der Waals surface area contributed by atoms with Crippen LogP contribution in [0.4, 0.5) is 0 Å². The van der Waals surface area contributed by atoms with Crippen LogP contribution in [0.2, 0.25) is 0 Å². The maximum Gasteiger partial charge on any atom is 0.278 e. The summed E-state index contributed by atoms with van der Waals surface area (Å²) in [6.07, 6.45) is -0.0945. The topological polar surface area (TPSA) is 93.7 Å². The lowest BCUT2D eigenvalue weighted by Crippen LogP contribution is -2.21. The Bertz CT molecular complexity index is 1230. The number of nitrogens with zero attached hydrogens (tertiary/aromatic N) is 4. The van der Waals surface area contributed by atoms with Crippen molar-refractivity contribution in [2.24, 2.45) is 0 Å². The summed E-state index contributed by atoms with van der Waals surface area (Å²) in [4.78, 5) is 4.53. The molecule has 1 atom stereocenters. The SMILES string of the molecule is COc1ccc([C@@H]2Cn3nc(-c4nc(-c5ccc(OC)cc5OC)no4)cc3CO2)cc1. The van der Waals surface area contributed by atoms with E-state index in [1.54, 1.807) is 27.4 Å². The molecular weight excluding hydrogens is 412 g/mol. The van der Waals surface area contributed by atoms with E-state index in [9.17, 15) is 0 Å². The molecule has 0 saturated carbocycles. The average Bonchev–Trinajstić information content (AvgIpc) is 3.50. The van der Waals surface area contributed by atoms with Crippen molar-refractivity contribution in [1.29, 1.82) is 0 Å². The molecule has 5 rings (SSSR count). The van der Waals surface area contributed by atoms with Crippen LogP contribution < -0.4 is 14.2 Å². The lowest BCUT2D eigenvalue weighted by Gasteiger charge is -2.24. The van der Waals surface area contributed by atoms with Gasteiger partial charge in [-0.25, -0.2) is 0 Å². The van der Waals surface area contributed by atoms with Gasteiger partial charge in [0.1, 0.15) is 23.4 Å². The maximum absolute atomic E-state index is 6.04. The van der Waals surface area contributed by atoms with Gasteiger partial charge in [-0.3, -0.25) is 4.68 Å². The summed E-state index contributed by atoms with van der Waals surface area (Å²) in [5, 5.41) is 8.78. The molecule has 0 bridgehead atoms. The molecule has 0 N–H and O–H groups in total. The molecule has 0 fully saturated rings. The Kier molecular flexibility index (Phi) is 5.24. The molecule has 9 heteroatoms. The predicted molar refractivity (Wildman–Crippen MR) is 115 cm³/mol. The zero-order valence-corrected chi connectivity index (χ0v) is 17.9. The van der Waals surface area contributed by atoms with Gasteiger partial charge in [0.25, 0.3) is 5.89 Å². The normalized spacial score (nSPS) is 15.3. The molecule has 0 spiro atoms. The second kappa shape index (κ2) is 8.35. The Morgan fingerprint density at radius 3 is 2.47 bits per heavy atom. The van der Waals surface area contributed by atoms with Crippen molar-refractivity contribution in [1.82, 2.24) is 19.9 Å². The van der Waals surface area contributed by atoms with Gasteiger partial charge in [-0.05, 0) is 35.9 Å². The first-order valence-electron chi connectivity index (χ1n) is 10.1. The van der Waals surface area contributed by atoms with Gasteiger partial charge in [0, 0.05) is 6.07 Å². The van der Waals surface area contributed by atoms with Gasteiger partial charge in [0.2, 0.25) is 5.82 Å².